The normalized spacial score (nSPS) is 20.2. The maximum atomic E-state index is 11.7. The first-order chi connectivity index (χ1) is 7.27. The minimum Gasteiger partial charge on any atom is -0.456 e. The van der Waals surface area contributed by atoms with Gasteiger partial charge in [-0.3, -0.25) is 0 Å². The molecule has 80 valence electrons. The van der Waals surface area contributed by atoms with Gasteiger partial charge in [-0.15, -0.1) is 12.6 Å². The molecule has 1 aromatic carbocycles. The van der Waals surface area contributed by atoms with Crippen LogP contribution >= 0.6 is 12.6 Å². The molecule has 4 heteroatoms. The van der Waals surface area contributed by atoms with Gasteiger partial charge in [0, 0.05) is 11.3 Å². The molecule has 2 rings (SSSR count). The summed E-state index contributed by atoms with van der Waals surface area (Å²) in [6.07, 6.45) is 0.672. The molecule has 0 aromatic heterocycles. The number of carbonyl (C=O) groups excluding carboxylic acids is 1. The highest BCUT2D eigenvalue weighted by Crippen LogP contribution is 2.17. The fourth-order valence-corrected chi connectivity index (χ4v) is 1.72. The molecule has 1 fully saturated rings. The Labute approximate surface area is 93.8 Å². The van der Waals surface area contributed by atoms with Crippen LogP contribution in [-0.4, -0.2) is 25.3 Å². The van der Waals surface area contributed by atoms with Crippen LogP contribution in [0.4, 0.5) is 0 Å². The van der Waals surface area contributed by atoms with Crippen molar-refractivity contribution >= 4 is 18.6 Å². The van der Waals surface area contributed by atoms with Crippen LogP contribution in [0.2, 0.25) is 0 Å². The summed E-state index contributed by atoms with van der Waals surface area (Å²) in [5, 5.41) is 0. The van der Waals surface area contributed by atoms with Crippen molar-refractivity contribution in [3.8, 4) is 0 Å². The van der Waals surface area contributed by atoms with Gasteiger partial charge in [-0.25, -0.2) is 4.79 Å². The summed E-state index contributed by atoms with van der Waals surface area (Å²) in [6.45, 7) is 1.17. The highest BCUT2D eigenvalue weighted by atomic mass is 32.1. The topological polar surface area (TPSA) is 35.5 Å². The van der Waals surface area contributed by atoms with Gasteiger partial charge in [0.05, 0.1) is 18.8 Å². The van der Waals surface area contributed by atoms with Crippen molar-refractivity contribution < 1.29 is 14.3 Å². The Hall–Kier alpha value is -1.00. The van der Waals surface area contributed by atoms with Crippen LogP contribution < -0.4 is 0 Å². The Morgan fingerprint density at radius 2 is 2.27 bits per heavy atom. The molecule has 0 amide bonds. The minimum absolute atomic E-state index is 0.106. The predicted octanol–water partition coefficient (Wildman–Crippen LogP) is 1.92. The Balaban J connectivity index is 2.04. The fourth-order valence-electron chi connectivity index (χ4n) is 1.47. The van der Waals surface area contributed by atoms with Crippen LogP contribution in [-0.2, 0) is 9.47 Å². The SMILES string of the molecule is O=C(OC1CCOC1)c1ccccc1S. The fraction of sp³-hybridized carbons (Fsp3) is 0.364. The largest absolute Gasteiger partial charge is 0.456 e. The molecule has 0 N–H and O–H groups in total. The standard InChI is InChI=1S/C11H12O3S/c12-11(14-8-5-6-13-7-8)9-3-1-2-4-10(9)15/h1-4,8,15H,5-7H2. The van der Waals surface area contributed by atoms with Crippen molar-refractivity contribution in [3.05, 3.63) is 29.8 Å². The molecule has 1 aliphatic heterocycles. The van der Waals surface area contributed by atoms with Gasteiger partial charge in [0.2, 0.25) is 0 Å². The summed E-state index contributed by atoms with van der Waals surface area (Å²) < 4.78 is 10.4. The predicted molar refractivity (Wildman–Crippen MR) is 58.3 cm³/mol. The van der Waals surface area contributed by atoms with Gasteiger partial charge in [-0.1, -0.05) is 12.1 Å². The zero-order chi connectivity index (χ0) is 10.7. The molecule has 0 bridgehead atoms. The maximum Gasteiger partial charge on any atom is 0.339 e. The van der Waals surface area contributed by atoms with E-state index in [2.05, 4.69) is 12.6 Å². The number of thiol groups is 1. The zero-order valence-electron chi connectivity index (χ0n) is 8.18. The van der Waals surface area contributed by atoms with Gasteiger partial charge in [-0.2, -0.15) is 0 Å². The van der Waals surface area contributed by atoms with Crippen molar-refractivity contribution in [2.75, 3.05) is 13.2 Å². The molecule has 1 aromatic rings. The molecule has 1 heterocycles. The van der Waals surface area contributed by atoms with E-state index >= 15 is 0 Å². The lowest BCUT2D eigenvalue weighted by molar-refractivity contribution is 0.0267. The summed E-state index contributed by atoms with van der Waals surface area (Å²) >= 11 is 4.20. The monoisotopic (exact) mass is 224 g/mol. The zero-order valence-corrected chi connectivity index (χ0v) is 9.07. The van der Waals surface area contributed by atoms with Gasteiger partial charge >= 0.3 is 5.97 Å². The van der Waals surface area contributed by atoms with E-state index in [1.165, 1.54) is 0 Å². The third-order valence-corrected chi connectivity index (χ3v) is 2.68. The van der Waals surface area contributed by atoms with Gasteiger partial charge < -0.3 is 9.47 Å². The summed E-state index contributed by atoms with van der Waals surface area (Å²) in [4.78, 5) is 12.3. The second-order valence-electron chi connectivity index (χ2n) is 3.41. The second-order valence-corrected chi connectivity index (χ2v) is 3.89. The van der Waals surface area contributed by atoms with Crippen LogP contribution in [0.15, 0.2) is 29.2 Å². The second kappa shape index (κ2) is 4.68. The quantitative estimate of drug-likeness (QED) is 0.616. The Morgan fingerprint density at radius 1 is 1.47 bits per heavy atom. The Morgan fingerprint density at radius 3 is 2.93 bits per heavy atom. The third-order valence-electron chi connectivity index (χ3n) is 2.29. The molecule has 1 atom stereocenters. The number of rotatable bonds is 2. The van der Waals surface area contributed by atoms with Crippen LogP contribution in [0, 0.1) is 0 Å². The van der Waals surface area contributed by atoms with E-state index in [-0.39, 0.29) is 12.1 Å². The first kappa shape index (κ1) is 10.5. The van der Waals surface area contributed by atoms with Gasteiger partial charge in [0.15, 0.2) is 0 Å². The number of hydrogen-bond acceptors (Lipinski definition) is 4. The number of carbonyl (C=O) groups is 1. The highest BCUT2D eigenvalue weighted by Gasteiger charge is 2.21. The lowest BCUT2D eigenvalue weighted by Gasteiger charge is -2.10. The van der Waals surface area contributed by atoms with E-state index in [1.54, 1.807) is 18.2 Å². The minimum atomic E-state index is -0.323. The van der Waals surface area contributed by atoms with Crippen molar-refractivity contribution in [1.82, 2.24) is 0 Å². The van der Waals surface area contributed by atoms with Crippen LogP contribution in [0.1, 0.15) is 16.8 Å². The summed E-state index contributed by atoms with van der Waals surface area (Å²) in [7, 11) is 0. The number of hydrogen-bond donors (Lipinski definition) is 1. The summed E-state index contributed by atoms with van der Waals surface area (Å²) in [5.41, 5.74) is 0.507. The van der Waals surface area contributed by atoms with Crippen molar-refractivity contribution in [2.45, 2.75) is 17.4 Å². The molecule has 0 aliphatic carbocycles. The van der Waals surface area contributed by atoms with E-state index < -0.39 is 0 Å². The highest BCUT2D eigenvalue weighted by molar-refractivity contribution is 7.80. The van der Waals surface area contributed by atoms with Crippen LogP contribution in [0.3, 0.4) is 0 Å². The van der Waals surface area contributed by atoms with E-state index in [4.69, 9.17) is 9.47 Å². The van der Waals surface area contributed by atoms with E-state index in [1.807, 2.05) is 6.07 Å². The van der Waals surface area contributed by atoms with E-state index in [9.17, 15) is 4.79 Å². The first-order valence-corrected chi connectivity index (χ1v) is 5.29. The molecular weight excluding hydrogens is 212 g/mol. The average Bonchev–Trinajstić information content (AvgIpc) is 2.71. The average molecular weight is 224 g/mol. The van der Waals surface area contributed by atoms with Crippen molar-refractivity contribution in [3.63, 3.8) is 0 Å². The van der Waals surface area contributed by atoms with Crippen molar-refractivity contribution in [2.24, 2.45) is 0 Å². The number of benzene rings is 1. The van der Waals surface area contributed by atoms with Gasteiger partial charge in [0.25, 0.3) is 0 Å². The van der Waals surface area contributed by atoms with Crippen LogP contribution in [0.5, 0.6) is 0 Å². The number of esters is 1. The van der Waals surface area contributed by atoms with E-state index in [0.29, 0.717) is 23.7 Å². The lowest BCUT2D eigenvalue weighted by atomic mass is 10.2. The molecular formula is C11H12O3S. The molecule has 3 nitrogen and oxygen atoms in total. The Bertz CT molecular complexity index is 359. The molecule has 0 spiro atoms. The maximum absolute atomic E-state index is 11.7. The molecule has 1 unspecified atom stereocenters. The van der Waals surface area contributed by atoms with Gasteiger partial charge in [-0.05, 0) is 12.1 Å². The Kier molecular flexibility index (Phi) is 3.28. The van der Waals surface area contributed by atoms with Crippen LogP contribution in [0.25, 0.3) is 0 Å². The van der Waals surface area contributed by atoms with Crippen molar-refractivity contribution in [1.29, 1.82) is 0 Å². The molecule has 15 heavy (non-hydrogen) atoms. The number of ether oxygens (including phenoxy) is 2. The summed E-state index contributed by atoms with van der Waals surface area (Å²) in [5.74, 6) is -0.323. The van der Waals surface area contributed by atoms with E-state index in [0.717, 1.165) is 6.42 Å². The summed E-state index contributed by atoms with van der Waals surface area (Å²) in [6, 6.07) is 7.10. The molecule has 1 saturated heterocycles. The first-order valence-electron chi connectivity index (χ1n) is 4.84. The molecule has 0 radical (unpaired) electrons. The molecule has 1 aliphatic rings. The molecule has 0 saturated carbocycles. The third kappa shape index (κ3) is 2.52. The smallest absolute Gasteiger partial charge is 0.339 e. The lowest BCUT2D eigenvalue weighted by Crippen LogP contribution is -2.18. The van der Waals surface area contributed by atoms with Gasteiger partial charge in [0.1, 0.15) is 6.10 Å².